The van der Waals surface area contributed by atoms with E-state index < -0.39 is 0 Å². The molecule has 2 radical (unpaired) electrons. The summed E-state index contributed by atoms with van der Waals surface area (Å²) in [5.41, 5.74) is 1.45. The van der Waals surface area contributed by atoms with Gasteiger partial charge in [-0.25, -0.2) is 0 Å². The summed E-state index contributed by atoms with van der Waals surface area (Å²) in [4.78, 5) is 0. The SMILES string of the molecule is CCO[Si]c1ccccc1C(C1COC1)C1COC1. The van der Waals surface area contributed by atoms with Gasteiger partial charge in [-0.1, -0.05) is 24.3 Å². The third-order valence-electron chi connectivity index (χ3n) is 3.99. The highest BCUT2D eigenvalue weighted by atomic mass is 28.2. The van der Waals surface area contributed by atoms with Crippen LogP contribution in [0.25, 0.3) is 0 Å². The zero-order valence-electron chi connectivity index (χ0n) is 11.3. The minimum Gasteiger partial charge on any atom is -0.412 e. The van der Waals surface area contributed by atoms with Crippen molar-refractivity contribution in [2.75, 3.05) is 33.0 Å². The summed E-state index contributed by atoms with van der Waals surface area (Å²) >= 11 is 0. The molecule has 19 heavy (non-hydrogen) atoms. The topological polar surface area (TPSA) is 27.7 Å². The first-order chi connectivity index (χ1) is 9.40. The molecule has 4 heteroatoms. The van der Waals surface area contributed by atoms with Crippen molar-refractivity contribution >= 4 is 14.9 Å². The fourth-order valence-corrected chi connectivity index (χ4v) is 3.68. The Bertz CT molecular complexity index is 402. The van der Waals surface area contributed by atoms with Gasteiger partial charge in [0.15, 0.2) is 0 Å². The molecule has 2 heterocycles. The van der Waals surface area contributed by atoms with E-state index in [4.69, 9.17) is 13.9 Å². The molecule has 2 fully saturated rings. The summed E-state index contributed by atoms with van der Waals surface area (Å²) in [5, 5.41) is 1.35. The Kier molecular flexibility index (Phi) is 4.33. The van der Waals surface area contributed by atoms with Crippen molar-refractivity contribution in [2.45, 2.75) is 12.8 Å². The zero-order chi connectivity index (χ0) is 13.1. The van der Waals surface area contributed by atoms with Crippen LogP contribution in [-0.4, -0.2) is 42.8 Å². The molecule has 0 bridgehead atoms. The lowest BCUT2D eigenvalue weighted by Crippen LogP contribution is -2.45. The molecule has 0 aromatic heterocycles. The molecule has 0 N–H and O–H groups in total. The van der Waals surface area contributed by atoms with Gasteiger partial charge in [0.25, 0.3) is 9.76 Å². The molecule has 0 amide bonds. The molecule has 0 atom stereocenters. The molecular formula is C15H20O3Si. The van der Waals surface area contributed by atoms with Crippen LogP contribution in [0.2, 0.25) is 0 Å². The van der Waals surface area contributed by atoms with Gasteiger partial charge in [0.05, 0.1) is 26.4 Å². The Hall–Kier alpha value is -0.683. The van der Waals surface area contributed by atoms with E-state index in [1.165, 1.54) is 10.8 Å². The lowest BCUT2D eigenvalue weighted by molar-refractivity contribution is -0.104. The van der Waals surface area contributed by atoms with Crippen LogP contribution in [0.15, 0.2) is 24.3 Å². The Labute approximate surface area is 117 Å². The minimum absolute atomic E-state index is 0.451. The molecule has 3 nitrogen and oxygen atoms in total. The highest BCUT2D eigenvalue weighted by Gasteiger charge is 2.39. The third-order valence-corrected chi connectivity index (χ3v) is 5.10. The van der Waals surface area contributed by atoms with Gasteiger partial charge in [-0.3, -0.25) is 0 Å². The third kappa shape index (κ3) is 2.77. The second-order valence-corrected chi connectivity index (χ2v) is 6.27. The van der Waals surface area contributed by atoms with Gasteiger partial charge in [-0.15, -0.1) is 0 Å². The van der Waals surface area contributed by atoms with Gasteiger partial charge in [0.1, 0.15) is 0 Å². The molecule has 0 aliphatic carbocycles. The number of hydrogen-bond acceptors (Lipinski definition) is 3. The second kappa shape index (κ2) is 6.18. The van der Waals surface area contributed by atoms with Crippen LogP contribution in [-0.2, 0) is 13.9 Å². The number of hydrogen-bond donors (Lipinski definition) is 0. The van der Waals surface area contributed by atoms with E-state index in [1.54, 1.807) is 0 Å². The maximum Gasteiger partial charge on any atom is 0.268 e. The first kappa shape index (κ1) is 13.3. The quantitative estimate of drug-likeness (QED) is 0.734. The molecule has 0 spiro atoms. The minimum atomic E-state index is 0.451. The highest BCUT2D eigenvalue weighted by molar-refractivity contribution is 6.47. The predicted octanol–water partition coefficient (Wildman–Crippen LogP) is 1.34. The van der Waals surface area contributed by atoms with E-state index in [0.29, 0.717) is 27.5 Å². The fraction of sp³-hybridized carbons (Fsp3) is 0.600. The average Bonchev–Trinajstić information content (AvgIpc) is 2.31. The summed E-state index contributed by atoms with van der Waals surface area (Å²) in [5.74, 6) is 1.88. The lowest BCUT2D eigenvalue weighted by Gasteiger charge is -2.43. The van der Waals surface area contributed by atoms with E-state index in [0.717, 1.165) is 33.0 Å². The van der Waals surface area contributed by atoms with E-state index in [-0.39, 0.29) is 0 Å². The van der Waals surface area contributed by atoms with Crippen molar-refractivity contribution in [3.63, 3.8) is 0 Å². The van der Waals surface area contributed by atoms with Gasteiger partial charge in [0, 0.05) is 18.4 Å². The lowest BCUT2D eigenvalue weighted by atomic mass is 9.75. The Morgan fingerprint density at radius 3 is 2.32 bits per heavy atom. The molecular weight excluding hydrogens is 256 g/mol. The molecule has 1 aromatic carbocycles. The van der Waals surface area contributed by atoms with Crippen LogP contribution in [0.1, 0.15) is 18.4 Å². The first-order valence-corrected chi connectivity index (χ1v) is 7.93. The Morgan fingerprint density at radius 2 is 1.79 bits per heavy atom. The largest absolute Gasteiger partial charge is 0.412 e. The summed E-state index contributed by atoms with van der Waals surface area (Å²) in [6.07, 6.45) is 0. The first-order valence-electron chi connectivity index (χ1n) is 7.02. The maximum atomic E-state index is 5.64. The van der Waals surface area contributed by atoms with E-state index in [1.807, 2.05) is 6.92 Å². The van der Waals surface area contributed by atoms with Gasteiger partial charge in [-0.05, 0) is 23.6 Å². The molecule has 2 aliphatic heterocycles. The van der Waals surface area contributed by atoms with Crippen molar-refractivity contribution in [3.8, 4) is 0 Å². The molecule has 0 unspecified atom stereocenters. The molecule has 2 aliphatic rings. The standard InChI is InChI=1S/C15H20O3Si/c1-2-18-19-14-6-4-3-5-13(14)15(11-7-16-8-11)12-9-17-10-12/h3-6,11-12,15H,2,7-10H2,1H3. The molecule has 1 aromatic rings. The Morgan fingerprint density at radius 1 is 1.16 bits per heavy atom. The number of benzene rings is 1. The van der Waals surface area contributed by atoms with Crippen LogP contribution in [0, 0.1) is 11.8 Å². The maximum absolute atomic E-state index is 5.64. The summed E-state index contributed by atoms with van der Waals surface area (Å²) < 4.78 is 16.5. The van der Waals surface area contributed by atoms with Crippen LogP contribution in [0.3, 0.4) is 0 Å². The van der Waals surface area contributed by atoms with Crippen molar-refractivity contribution in [3.05, 3.63) is 29.8 Å². The summed E-state index contributed by atoms with van der Waals surface area (Å²) in [6, 6.07) is 8.72. The molecule has 3 rings (SSSR count). The fourth-order valence-electron chi connectivity index (χ4n) is 2.85. The second-order valence-electron chi connectivity index (χ2n) is 5.24. The smallest absolute Gasteiger partial charge is 0.268 e. The van der Waals surface area contributed by atoms with E-state index in [2.05, 4.69) is 24.3 Å². The molecule has 0 saturated carbocycles. The predicted molar refractivity (Wildman–Crippen MR) is 74.8 cm³/mol. The molecule has 2 saturated heterocycles. The van der Waals surface area contributed by atoms with Crippen LogP contribution >= 0.6 is 0 Å². The van der Waals surface area contributed by atoms with E-state index >= 15 is 0 Å². The van der Waals surface area contributed by atoms with Crippen molar-refractivity contribution in [1.29, 1.82) is 0 Å². The Balaban J connectivity index is 1.83. The van der Waals surface area contributed by atoms with Gasteiger partial charge in [0.2, 0.25) is 0 Å². The number of rotatable bonds is 6. The number of ether oxygens (including phenoxy) is 2. The van der Waals surface area contributed by atoms with Crippen molar-refractivity contribution in [1.82, 2.24) is 0 Å². The molecule has 102 valence electrons. The highest BCUT2D eigenvalue weighted by Crippen LogP contribution is 2.39. The zero-order valence-corrected chi connectivity index (χ0v) is 12.3. The van der Waals surface area contributed by atoms with Crippen LogP contribution in [0.4, 0.5) is 0 Å². The summed E-state index contributed by atoms with van der Waals surface area (Å²) in [6.45, 7) is 6.41. The average molecular weight is 276 g/mol. The van der Waals surface area contributed by atoms with Gasteiger partial charge in [-0.2, -0.15) is 0 Å². The van der Waals surface area contributed by atoms with Gasteiger partial charge < -0.3 is 13.9 Å². The van der Waals surface area contributed by atoms with Gasteiger partial charge >= 0.3 is 0 Å². The monoisotopic (exact) mass is 276 g/mol. The normalized spacial score (nSPS) is 20.3. The van der Waals surface area contributed by atoms with Crippen molar-refractivity contribution in [2.24, 2.45) is 11.8 Å². The van der Waals surface area contributed by atoms with Crippen molar-refractivity contribution < 1.29 is 13.9 Å². The van der Waals surface area contributed by atoms with Crippen LogP contribution in [0.5, 0.6) is 0 Å². The van der Waals surface area contributed by atoms with E-state index in [9.17, 15) is 0 Å². The van der Waals surface area contributed by atoms with Crippen LogP contribution < -0.4 is 5.19 Å². The summed E-state index contributed by atoms with van der Waals surface area (Å²) in [7, 11) is 0.451.